The number of nitrogens with zero attached hydrogens (tertiary/aromatic N) is 1. The number of carbonyl (C=O) groups is 1. The monoisotopic (exact) mass is 313 g/mol. The summed E-state index contributed by atoms with van der Waals surface area (Å²) >= 11 is 7.68. The maximum atomic E-state index is 12.2. The Bertz CT molecular complexity index is 449. The third-order valence-electron chi connectivity index (χ3n) is 3.31. The number of halogens is 1. The van der Waals surface area contributed by atoms with E-state index < -0.39 is 0 Å². The van der Waals surface area contributed by atoms with E-state index in [4.69, 9.17) is 0 Å². The van der Waals surface area contributed by atoms with Crippen molar-refractivity contribution in [1.29, 1.82) is 0 Å². The normalized spacial score (nSPS) is 22.4. The summed E-state index contributed by atoms with van der Waals surface area (Å²) in [5.41, 5.74) is 0.688. The fraction of sp³-hybridized carbons (Fsp3) is 0.462. The molecule has 17 heavy (non-hydrogen) atoms. The predicted molar refractivity (Wildman–Crippen MR) is 75.6 cm³/mol. The molecule has 0 aliphatic heterocycles. The third kappa shape index (κ3) is 3.05. The van der Waals surface area contributed by atoms with Crippen LogP contribution in [0.3, 0.4) is 0 Å². The van der Waals surface area contributed by atoms with E-state index in [0.29, 0.717) is 11.5 Å². The summed E-state index contributed by atoms with van der Waals surface area (Å²) in [5, 5.41) is 0. The molecule has 0 aromatic heterocycles. The lowest BCUT2D eigenvalue weighted by Crippen LogP contribution is -2.29. The number of amides is 1. The van der Waals surface area contributed by atoms with Crippen molar-refractivity contribution < 1.29 is 4.79 Å². The molecule has 2 rings (SSSR count). The van der Waals surface area contributed by atoms with Gasteiger partial charge in [-0.1, -0.05) is 6.92 Å². The molecule has 2 unspecified atom stereocenters. The van der Waals surface area contributed by atoms with Crippen LogP contribution in [0.15, 0.2) is 27.6 Å². The summed E-state index contributed by atoms with van der Waals surface area (Å²) < 4.78 is 0.830. The van der Waals surface area contributed by atoms with Gasteiger partial charge < -0.3 is 4.90 Å². The van der Waals surface area contributed by atoms with Crippen molar-refractivity contribution >= 4 is 34.5 Å². The standard InChI is InChI=1S/C13H16BrNOS/c1-8-5-9(8)7-15(2)13(16)11-6-10(17)3-4-12(11)14/h3-4,6,8-9,17H,5,7H2,1-2H3. The highest BCUT2D eigenvalue weighted by molar-refractivity contribution is 9.10. The largest absolute Gasteiger partial charge is 0.341 e. The number of benzene rings is 1. The van der Waals surface area contributed by atoms with Gasteiger partial charge in [-0.2, -0.15) is 0 Å². The van der Waals surface area contributed by atoms with Crippen LogP contribution in [0.1, 0.15) is 23.7 Å². The van der Waals surface area contributed by atoms with E-state index in [2.05, 4.69) is 35.5 Å². The molecule has 4 heteroatoms. The van der Waals surface area contributed by atoms with Crippen LogP contribution in [0, 0.1) is 11.8 Å². The summed E-state index contributed by atoms with van der Waals surface area (Å²) in [6.45, 7) is 3.08. The minimum absolute atomic E-state index is 0.0619. The fourth-order valence-corrected chi connectivity index (χ4v) is 2.59. The highest BCUT2D eigenvalue weighted by Crippen LogP contribution is 2.38. The van der Waals surface area contributed by atoms with Gasteiger partial charge in [0.05, 0.1) is 5.56 Å². The van der Waals surface area contributed by atoms with E-state index in [0.717, 1.165) is 21.8 Å². The molecule has 92 valence electrons. The zero-order valence-electron chi connectivity index (χ0n) is 9.98. The van der Waals surface area contributed by atoms with E-state index >= 15 is 0 Å². The number of carbonyl (C=O) groups excluding carboxylic acids is 1. The highest BCUT2D eigenvalue weighted by Gasteiger charge is 2.34. The number of hydrogen-bond acceptors (Lipinski definition) is 2. The van der Waals surface area contributed by atoms with Crippen LogP contribution in [-0.2, 0) is 0 Å². The highest BCUT2D eigenvalue weighted by atomic mass is 79.9. The number of thiol groups is 1. The summed E-state index contributed by atoms with van der Waals surface area (Å²) in [5.74, 6) is 1.51. The Morgan fingerprint density at radius 2 is 2.24 bits per heavy atom. The Morgan fingerprint density at radius 1 is 1.59 bits per heavy atom. The Kier molecular flexibility index (Phi) is 3.83. The van der Waals surface area contributed by atoms with Crippen LogP contribution in [0.5, 0.6) is 0 Å². The minimum Gasteiger partial charge on any atom is -0.341 e. The van der Waals surface area contributed by atoms with Crippen LogP contribution >= 0.6 is 28.6 Å². The smallest absolute Gasteiger partial charge is 0.254 e. The second kappa shape index (κ2) is 5.02. The van der Waals surface area contributed by atoms with Crippen molar-refractivity contribution in [3.05, 3.63) is 28.2 Å². The molecule has 1 aromatic carbocycles. The molecule has 1 amide bonds. The molecule has 1 aliphatic carbocycles. The van der Waals surface area contributed by atoms with Crippen LogP contribution in [-0.4, -0.2) is 24.4 Å². The van der Waals surface area contributed by atoms with E-state index in [-0.39, 0.29) is 5.91 Å². The van der Waals surface area contributed by atoms with Gasteiger partial charge in [0.15, 0.2) is 0 Å². The average Bonchev–Trinajstić information content (AvgIpc) is 2.96. The summed E-state index contributed by atoms with van der Waals surface area (Å²) in [4.78, 5) is 14.9. The number of rotatable bonds is 3. The van der Waals surface area contributed by atoms with E-state index in [1.165, 1.54) is 6.42 Å². The quantitative estimate of drug-likeness (QED) is 0.847. The molecule has 0 saturated heterocycles. The van der Waals surface area contributed by atoms with Crippen molar-refractivity contribution in [2.75, 3.05) is 13.6 Å². The van der Waals surface area contributed by atoms with Gasteiger partial charge in [-0.05, 0) is 52.4 Å². The lowest BCUT2D eigenvalue weighted by molar-refractivity contribution is 0.0786. The minimum atomic E-state index is 0.0619. The molecule has 0 heterocycles. The Hall–Kier alpha value is -0.480. The number of hydrogen-bond donors (Lipinski definition) is 1. The first-order chi connectivity index (χ1) is 7.99. The van der Waals surface area contributed by atoms with Crippen LogP contribution < -0.4 is 0 Å². The van der Waals surface area contributed by atoms with E-state index in [1.54, 1.807) is 0 Å². The van der Waals surface area contributed by atoms with Crippen molar-refractivity contribution in [2.24, 2.45) is 11.8 Å². The molecule has 0 radical (unpaired) electrons. The zero-order chi connectivity index (χ0) is 12.6. The van der Waals surface area contributed by atoms with Crippen LogP contribution in [0.2, 0.25) is 0 Å². The first kappa shape index (κ1) is 13.0. The van der Waals surface area contributed by atoms with Gasteiger partial charge in [0.1, 0.15) is 0 Å². The topological polar surface area (TPSA) is 20.3 Å². The molecule has 1 aromatic rings. The molecule has 0 bridgehead atoms. The lowest BCUT2D eigenvalue weighted by Gasteiger charge is -2.18. The van der Waals surface area contributed by atoms with Crippen molar-refractivity contribution in [3.8, 4) is 0 Å². The average molecular weight is 314 g/mol. The Labute approximate surface area is 116 Å². The predicted octanol–water partition coefficient (Wildman–Crippen LogP) is 3.47. The molecular formula is C13H16BrNOS. The summed E-state index contributed by atoms with van der Waals surface area (Å²) in [7, 11) is 1.87. The van der Waals surface area contributed by atoms with Gasteiger partial charge in [-0.3, -0.25) is 4.79 Å². The summed E-state index contributed by atoms with van der Waals surface area (Å²) in [6.07, 6.45) is 1.24. The molecule has 1 fully saturated rings. The molecule has 1 saturated carbocycles. The van der Waals surface area contributed by atoms with Crippen LogP contribution in [0.25, 0.3) is 0 Å². The van der Waals surface area contributed by atoms with Gasteiger partial charge >= 0.3 is 0 Å². The molecule has 0 N–H and O–H groups in total. The second-order valence-electron chi connectivity index (χ2n) is 4.82. The molecule has 2 atom stereocenters. The maximum Gasteiger partial charge on any atom is 0.254 e. The molecular weight excluding hydrogens is 298 g/mol. The van der Waals surface area contributed by atoms with E-state index in [1.807, 2.05) is 30.1 Å². The third-order valence-corrected chi connectivity index (χ3v) is 4.28. The van der Waals surface area contributed by atoms with Crippen molar-refractivity contribution in [3.63, 3.8) is 0 Å². The molecule has 1 aliphatic rings. The van der Waals surface area contributed by atoms with E-state index in [9.17, 15) is 4.79 Å². The summed E-state index contributed by atoms with van der Waals surface area (Å²) in [6, 6.07) is 5.54. The van der Waals surface area contributed by atoms with Gasteiger partial charge in [-0.15, -0.1) is 12.6 Å². The van der Waals surface area contributed by atoms with Crippen molar-refractivity contribution in [2.45, 2.75) is 18.2 Å². The molecule has 0 spiro atoms. The van der Waals surface area contributed by atoms with Gasteiger partial charge in [0, 0.05) is 23.0 Å². The maximum absolute atomic E-state index is 12.2. The van der Waals surface area contributed by atoms with Gasteiger partial charge in [0.25, 0.3) is 5.91 Å². The van der Waals surface area contributed by atoms with Crippen molar-refractivity contribution in [1.82, 2.24) is 4.90 Å². The SMILES string of the molecule is CC1CC1CN(C)C(=O)c1cc(S)ccc1Br. The first-order valence-electron chi connectivity index (χ1n) is 5.73. The Balaban J connectivity index is 2.10. The Morgan fingerprint density at radius 3 is 2.82 bits per heavy atom. The zero-order valence-corrected chi connectivity index (χ0v) is 12.5. The fourth-order valence-electron chi connectivity index (χ4n) is 1.97. The molecule has 2 nitrogen and oxygen atoms in total. The van der Waals surface area contributed by atoms with Gasteiger partial charge in [0.2, 0.25) is 0 Å². The van der Waals surface area contributed by atoms with Gasteiger partial charge in [-0.25, -0.2) is 0 Å². The second-order valence-corrected chi connectivity index (χ2v) is 6.19. The first-order valence-corrected chi connectivity index (χ1v) is 6.97. The van der Waals surface area contributed by atoms with Crippen LogP contribution in [0.4, 0.5) is 0 Å². The lowest BCUT2D eigenvalue weighted by atomic mass is 10.2.